The average Bonchev–Trinajstić information content (AvgIpc) is 2.70. The lowest BCUT2D eigenvalue weighted by molar-refractivity contribution is -0.124. The highest BCUT2D eigenvalue weighted by Gasteiger charge is 2.54. The van der Waals surface area contributed by atoms with Crippen molar-refractivity contribution in [3.05, 3.63) is 47.2 Å². The van der Waals surface area contributed by atoms with Gasteiger partial charge in [0.2, 0.25) is 5.76 Å². The number of benzene rings is 1. The van der Waals surface area contributed by atoms with Crippen molar-refractivity contribution in [1.82, 2.24) is 0 Å². The highest BCUT2D eigenvalue weighted by Crippen LogP contribution is 2.60. The lowest BCUT2D eigenvalue weighted by atomic mass is 9.52. The van der Waals surface area contributed by atoms with E-state index in [1.807, 2.05) is 19.1 Å². The molecule has 4 aliphatic rings. The average molecular weight is 408 g/mol. The number of aromatic hydroxyl groups is 1. The molecule has 4 bridgehead atoms. The maximum Gasteiger partial charge on any atom is 0.215 e. The van der Waals surface area contributed by atoms with Crippen LogP contribution in [0, 0.1) is 17.8 Å². The summed E-state index contributed by atoms with van der Waals surface area (Å²) < 4.78 is 12.0. The highest BCUT2D eigenvalue weighted by molar-refractivity contribution is 5.62. The van der Waals surface area contributed by atoms with Gasteiger partial charge in [-0.3, -0.25) is 0 Å². The molecule has 1 aromatic rings. The summed E-state index contributed by atoms with van der Waals surface area (Å²) in [5, 5.41) is 9.86. The molecule has 4 fully saturated rings. The second-order valence-corrected chi connectivity index (χ2v) is 9.03. The Morgan fingerprint density at radius 3 is 2.70 bits per heavy atom. The third kappa shape index (κ3) is 4.29. The normalized spacial score (nSPS) is 31.1. The Bertz CT molecular complexity index is 905. The fraction of sp³-hybridized carbons (Fsp3) is 0.520. The van der Waals surface area contributed by atoms with Crippen LogP contribution in [0.5, 0.6) is 5.75 Å². The monoisotopic (exact) mass is 408 g/mol. The minimum atomic E-state index is -0.265. The predicted molar refractivity (Wildman–Crippen MR) is 113 cm³/mol. The van der Waals surface area contributed by atoms with Crippen molar-refractivity contribution in [3.8, 4) is 5.75 Å². The lowest BCUT2D eigenvalue weighted by Gasteiger charge is -2.58. The van der Waals surface area contributed by atoms with Crippen LogP contribution < -0.4 is 0 Å². The van der Waals surface area contributed by atoms with E-state index < -0.39 is 0 Å². The van der Waals surface area contributed by atoms with Gasteiger partial charge in [0.25, 0.3) is 0 Å². The number of allylic oxidation sites excluding steroid dienone is 1. The molecule has 0 aromatic heterocycles. The fourth-order valence-corrected chi connectivity index (χ4v) is 5.86. The zero-order valence-electron chi connectivity index (χ0n) is 17.3. The molecule has 4 saturated carbocycles. The summed E-state index contributed by atoms with van der Waals surface area (Å²) >= 11 is 0. The summed E-state index contributed by atoms with van der Waals surface area (Å²) in [5.41, 5.74) is 2.14. The number of ether oxygens (including phenoxy) is 2. The molecule has 5 rings (SSSR count). The highest BCUT2D eigenvalue weighted by atomic mass is 16.5. The number of hydrogen-bond donors (Lipinski definition) is 1. The van der Waals surface area contributed by atoms with Crippen molar-refractivity contribution in [2.24, 2.45) is 17.8 Å². The molecule has 1 aromatic carbocycles. The summed E-state index contributed by atoms with van der Waals surface area (Å²) in [7, 11) is 0. The van der Waals surface area contributed by atoms with Gasteiger partial charge in [0.05, 0.1) is 24.4 Å². The molecule has 1 N–H and O–H groups in total. The lowest BCUT2D eigenvalue weighted by Crippen LogP contribution is -2.54. The number of hydrogen-bond acceptors (Lipinski definition) is 5. The molecule has 30 heavy (non-hydrogen) atoms. The largest absolute Gasteiger partial charge is 0.508 e. The zero-order chi connectivity index (χ0) is 21.1. The molecule has 0 spiro atoms. The number of phenols is 1. The van der Waals surface area contributed by atoms with E-state index in [-0.39, 0.29) is 23.2 Å². The summed E-state index contributed by atoms with van der Waals surface area (Å²) in [4.78, 5) is 21.2. The molecule has 0 radical (unpaired) electrons. The molecule has 5 nitrogen and oxygen atoms in total. The smallest absolute Gasteiger partial charge is 0.215 e. The maximum absolute atomic E-state index is 10.8. The van der Waals surface area contributed by atoms with Gasteiger partial charge in [0, 0.05) is 6.42 Å². The first-order valence-electron chi connectivity index (χ1n) is 10.8. The van der Waals surface area contributed by atoms with Crippen molar-refractivity contribution in [3.63, 3.8) is 0 Å². The minimum absolute atomic E-state index is 0.128. The third-order valence-electron chi connectivity index (χ3n) is 6.82. The Labute approximate surface area is 177 Å². The van der Waals surface area contributed by atoms with Crippen LogP contribution >= 0.6 is 0 Å². The van der Waals surface area contributed by atoms with Crippen molar-refractivity contribution >= 4 is 18.0 Å². The SMILES string of the molecule is CC(CCOC12CC3CC(CC(C3)/C1=C\c1cccc(O)c1)C2)OC(=C=O)C=C=O. The van der Waals surface area contributed by atoms with Crippen LogP contribution in [0.3, 0.4) is 0 Å². The Balaban J connectivity index is 1.49. The van der Waals surface area contributed by atoms with Gasteiger partial charge in [-0.15, -0.1) is 0 Å². The predicted octanol–water partition coefficient (Wildman–Crippen LogP) is 4.27. The Hall–Kier alpha value is -2.58. The van der Waals surface area contributed by atoms with Crippen LogP contribution in [-0.4, -0.2) is 35.3 Å². The Morgan fingerprint density at radius 2 is 2.03 bits per heavy atom. The van der Waals surface area contributed by atoms with Gasteiger partial charge >= 0.3 is 0 Å². The zero-order valence-corrected chi connectivity index (χ0v) is 17.3. The summed E-state index contributed by atoms with van der Waals surface area (Å²) in [6.45, 7) is 2.37. The van der Waals surface area contributed by atoms with Gasteiger partial charge in [-0.1, -0.05) is 18.2 Å². The van der Waals surface area contributed by atoms with Crippen LogP contribution in [0.1, 0.15) is 51.0 Å². The molecule has 4 aliphatic carbocycles. The fourth-order valence-electron chi connectivity index (χ4n) is 5.86. The first-order chi connectivity index (χ1) is 14.5. The molecule has 0 aliphatic heterocycles. The van der Waals surface area contributed by atoms with Crippen molar-refractivity contribution in [2.75, 3.05) is 6.61 Å². The minimum Gasteiger partial charge on any atom is -0.508 e. The van der Waals surface area contributed by atoms with E-state index in [1.165, 1.54) is 24.8 Å². The maximum atomic E-state index is 10.8. The topological polar surface area (TPSA) is 72.8 Å². The summed E-state index contributed by atoms with van der Waals surface area (Å²) in [6.07, 6.45) is 9.41. The van der Waals surface area contributed by atoms with E-state index in [4.69, 9.17) is 9.47 Å². The van der Waals surface area contributed by atoms with E-state index in [2.05, 4.69) is 6.08 Å². The van der Waals surface area contributed by atoms with E-state index in [9.17, 15) is 14.7 Å². The quantitative estimate of drug-likeness (QED) is 0.395. The van der Waals surface area contributed by atoms with Gasteiger partial charge in [-0.05, 0) is 80.1 Å². The van der Waals surface area contributed by atoms with Gasteiger partial charge < -0.3 is 14.6 Å². The second-order valence-electron chi connectivity index (χ2n) is 9.03. The van der Waals surface area contributed by atoms with Crippen molar-refractivity contribution < 1.29 is 24.2 Å². The standard InChI is InChI=1S/C25H28O5/c1-17(30-23(16-27)5-7-26)6-8-29-25-14-19-9-20(15-25)11-21(10-19)24(25)13-18-3-2-4-22(28)12-18/h2-5,12-13,17,19-21,28H,6,8-11,14-15H2,1H3/b24-13+. The third-order valence-corrected chi connectivity index (χ3v) is 6.82. The number of carbonyl (C=O) groups excluding carboxylic acids is 2. The molecule has 0 heterocycles. The van der Waals surface area contributed by atoms with E-state index in [0.717, 1.165) is 36.3 Å². The Kier molecular flexibility index (Phi) is 5.97. The summed E-state index contributed by atoms with van der Waals surface area (Å²) in [6, 6.07) is 7.38. The van der Waals surface area contributed by atoms with Crippen LogP contribution in [0.2, 0.25) is 0 Å². The van der Waals surface area contributed by atoms with Gasteiger partial charge in [0.1, 0.15) is 11.7 Å². The van der Waals surface area contributed by atoms with Crippen LogP contribution in [0.15, 0.2) is 41.7 Å². The van der Waals surface area contributed by atoms with Crippen molar-refractivity contribution in [1.29, 1.82) is 0 Å². The molecule has 158 valence electrons. The molecule has 3 unspecified atom stereocenters. The molecular weight excluding hydrogens is 380 g/mol. The van der Waals surface area contributed by atoms with Crippen LogP contribution in [0.25, 0.3) is 6.08 Å². The van der Waals surface area contributed by atoms with E-state index >= 15 is 0 Å². The first kappa shape index (κ1) is 20.7. The van der Waals surface area contributed by atoms with Crippen LogP contribution in [0.4, 0.5) is 0 Å². The van der Waals surface area contributed by atoms with Crippen molar-refractivity contribution in [2.45, 2.75) is 57.2 Å². The van der Waals surface area contributed by atoms with Gasteiger partial charge in [0.15, 0.2) is 5.94 Å². The number of phenolic OH excluding ortho intramolecular Hbond substituents is 1. The van der Waals surface area contributed by atoms with E-state index in [0.29, 0.717) is 18.9 Å². The van der Waals surface area contributed by atoms with E-state index in [1.54, 1.807) is 24.0 Å². The molecular formula is C25H28O5. The number of rotatable bonds is 8. The van der Waals surface area contributed by atoms with Gasteiger partial charge in [-0.25, -0.2) is 9.59 Å². The second kappa shape index (κ2) is 8.65. The van der Waals surface area contributed by atoms with Crippen LogP contribution in [-0.2, 0) is 19.1 Å². The summed E-state index contributed by atoms with van der Waals surface area (Å²) in [5.74, 6) is 5.30. The first-order valence-corrected chi connectivity index (χ1v) is 10.8. The molecule has 0 amide bonds. The molecule has 5 heteroatoms. The molecule has 3 atom stereocenters. The Morgan fingerprint density at radius 1 is 1.27 bits per heavy atom. The van der Waals surface area contributed by atoms with Gasteiger partial charge in [-0.2, -0.15) is 0 Å². The molecule has 0 saturated heterocycles.